The van der Waals surface area contributed by atoms with Crippen molar-refractivity contribution in [1.82, 2.24) is 9.80 Å². The summed E-state index contributed by atoms with van der Waals surface area (Å²) in [6.45, 7) is 4.21. The SMILES string of the molecule is O=C(Cc1c(F)cccc1Cl)N1CC[C@](O)(CN2CCOCC2)C1. The summed E-state index contributed by atoms with van der Waals surface area (Å²) in [7, 11) is 0. The van der Waals surface area contributed by atoms with Crippen LogP contribution in [0.4, 0.5) is 4.39 Å². The lowest BCUT2D eigenvalue weighted by molar-refractivity contribution is -0.130. The summed E-state index contributed by atoms with van der Waals surface area (Å²) in [6.07, 6.45) is 0.445. The molecule has 0 spiro atoms. The van der Waals surface area contributed by atoms with Gasteiger partial charge in [0.2, 0.25) is 5.91 Å². The van der Waals surface area contributed by atoms with Gasteiger partial charge < -0.3 is 14.7 Å². The number of ether oxygens (including phenoxy) is 1. The maximum Gasteiger partial charge on any atom is 0.227 e. The van der Waals surface area contributed by atoms with Gasteiger partial charge in [0.25, 0.3) is 0 Å². The molecule has 5 nitrogen and oxygen atoms in total. The number of β-amino-alcohol motifs (C(OH)–C–C–N with tert-alkyl or cyclic N) is 1. The van der Waals surface area contributed by atoms with Gasteiger partial charge in [-0.1, -0.05) is 17.7 Å². The first-order chi connectivity index (χ1) is 11.5. The molecule has 0 saturated carbocycles. The number of hydrogen-bond acceptors (Lipinski definition) is 4. The Morgan fingerprint density at radius 3 is 2.79 bits per heavy atom. The van der Waals surface area contributed by atoms with E-state index in [0.29, 0.717) is 32.7 Å². The summed E-state index contributed by atoms with van der Waals surface area (Å²) in [5.74, 6) is -0.682. The second kappa shape index (κ2) is 7.35. The van der Waals surface area contributed by atoms with Crippen molar-refractivity contribution < 1.29 is 19.0 Å². The summed E-state index contributed by atoms with van der Waals surface area (Å²) in [5, 5.41) is 11.0. The van der Waals surface area contributed by atoms with E-state index in [9.17, 15) is 14.3 Å². The zero-order valence-corrected chi connectivity index (χ0v) is 14.3. The van der Waals surface area contributed by atoms with E-state index in [0.717, 1.165) is 13.1 Å². The Morgan fingerprint density at radius 2 is 2.08 bits per heavy atom. The highest BCUT2D eigenvalue weighted by Crippen LogP contribution is 2.25. The Hall–Kier alpha value is -1.21. The van der Waals surface area contributed by atoms with Crippen molar-refractivity contribution in [1.29, 1.82) is 0 Å². The van der Waals surface area contributed by atoms with Crippen molar-refractivity contribution in [2.75, 3.05) is 45.9 Å². The smallest absolute Gasteiger partial charge is 0.227 e. The van der Waals surface area contributed by atoms with Gasteiger partial charge in [0.15, 0.2) is 0 Å². The van der Waals surface area contributed by atoms with Gasteiger partial charge >= 0.3 is 0 Å². The fourth-order valence-electron chi connectivity index (χ4n) is 3.34. The first-order valence-electron chi connectivity index (χ1n) is 8.20. The van der Waals surface area contributed by atoms with E-state index < -0.39 is 11.4 Å². The van der Waals surface area contributed by atoms with Gasteiger partial charge in [-0.25, -0.2) is 4.39 Å². The minimum Gasteiger partial charge on any atom is -0.387 e. The summed E-state index contributed by atoms with van der Waals surface area (Å²) < 4.78 is 19.1. The fraction of sp³-hybridized carbons (Fsp3) is 0.588. The quantitative estimate of drug-likeness (QED) is 0.884. The zero-order chi connectivity index (χ0) is 17.2. The second-order valence-corrected chi connectivity index (χ2v) is 6.96. The number of likely N-dealkylation sites (tertiary alicyclic amines) is 1. The van der Waals surface area contributed by atoms with Crippen LogP contribution in [-0.4, -0.2) is 72.4 Å². The van der Waals surface area contributed by atoms with E-state index in [-0.39, 0.29) is 29.5 Å². The van der Waals surface area contributed by atoms with Crippen LogP contribution < -0.4 is 0 Å². The van der Waals surface area contributed by atoms with Crippen LogP contribution in [0.5, 0.6) is 0 Å². The van der Waals surface area contributed by atoms with E-state index in [1.54, 1.807) is 11.0 Å². The molecule has 1 aromatic rings. The van der Waals surface area contributed by atoms with Crippen LogP contribution in [0.15, 0.2) is 18.2 Å². The van der Waals surface area contributed by atoms with Gasteiger partial charge in [-0.05, 0) is 18.6 Å². The normalized spacial score (nSPS) is 25.2. The minimum atomic E-state index is -0.911. The molecule has 0 radical (unpaired) electrons. The van der Waals surface area contributed by atoms with Crippen molar-refractivity contribution in [3.63, 3.8) is 0 Å². The molecule has 2 heterocycles. The largest absolute Gasteiger partial charge is 0.387 e. The minimum absolute atomic E-state index is 0.0842. The van der Waals surface area contributed by atoms with E-state index in [1.807, 2.05) is 0 Å². The van der Waals surface area contributed by atoms with Crippen molar-refractivity contribution in [2.24, 2.45) is 0 Å². The van der Waals surface area contributed by atoms with Gasteiger partial charge in [-0.15, -0.1) is 0 Å². The Labute approximate surface area is 145 Å². The van der Waals surface area contributed by atoms with Crippen molar-refractivity contribution in [2.45, 2.75) is 18.4 Å². The predicted octanol–water partition coefficient (Wildman–Crippen LogP) is 1.32. The van der Waals surface area contributed by atoms with E-state index in [4.69, 9.17) is 16.3 Å². The summed E-state index contributed by atoms with van der Waals surface area (Å²) in [4.78, 5) is 16.2. The number of rotatable bonds is 4. The molecule has 0 unspecified atom stereocenters. The molecule has 1 N–H and O–H groups in total. The van der Waals surface area contributed by atoms with Gasteiger partial charge in [0.05, 0.1) is 31.8 Å². The Morgan fingerprint density at radius 1 is 1.33 bits per heavy atom. The standard InChI is InChI=1S/C17H22ClFN2O3/c18-14-2-1-3-15(19)13(14)10-16(22)21-5-4-17(23,12-21)11-20-6-8-24-9-7-20/h1-3,23H,4-12H2/t17-/m0/s1. The summed E-state index contributed by atoms with van der Waals surface area (Å²) in [6, 6.07) is 4.39. The molecule has 24 heavy (non-hydrogen) atoms. The fourth-order valence-corrected chi connectivity index (χ4v) is 3.57. The lowest BCUT2D eigenvalue weighted by Crippen LogP contribution is -2.49. The van der Waals surface area contributed by atoms with Crippen molar-refractivity contribution >= 4 is 17.5 Å². The number of benzene rings is 1. The molecule has 7 heteroatoms. The van der Waals surface area contributed by atoms with Gasteiger partial charge in [0.1, 0.15) is 5.82 Å². The molecule has 2 aliphatic rings. The summed E-state index contributed by atoms with van der Waals surface area (Å²) in [5.41, 5.74) is -0.695. The van der Waals surface area contributed by atoms with Crippen LogP contribution >= 0.6 is 11.6 Å². The van der Waals surface area contributed by atoms with Crippen LogP contribution in [-0.2, 0) is 16.0 Å². The zero-order valence-electron chi connectivity index (χ0n) is 13.5. The van der Waals surface area contributed by atoms with Crippen LogP contribution in [0, 0.1) is 5.82 Å². The molecule has 2 aliphatic heterocycles. The first-order valence-corrected chi connectivity index (χ1v) is 8.58. The van der Waals surface area contributed by atoms with Crippen molar-refractivity contribution in [3.05, 3.63) is 34.6 Å². The van der Waals surface area contributed by atoms with Gasteiger partial charge in [-0.2, -0.15) is 0 Å². The third-order valence-corrected chi connectivity index (χ3v) is 5.05. The van der Waals surface area contributed by atoms with Gasteiger partial charge in [0, 0.05) is 36.8 Å². The maximum atomic E-state index is 13.8. The van der Waals surface area contributed by atoms with Crippen LogP contribution in [0.3, 0.4) is 0 Å². The molecule has 1 atom stereocenters. The number of carbonyl (C=O) groups is 1. The topological polar surface area (TPSA) is 53.0 Å². The molecule has 0 aliphatic carbocycles. The van der Waals surface area contributed by atoms with E-state index in [2.05, 4.69) is 4.90 Å². The predicted molar refractivity (Wildman–Crippen MR) is 88.5 cm³/mol. The lowest BCUT2D eigenvalue weighted by atomic mass is 10.0. The number of aliphatic hydroxyl groups is 1. The molecule has 2 saturated heterocycles. The number of morpholine rings is 1. The molecule has 1 aromatic carbocycles. The molecular formula is C17H22ClFN2O3. The Kier molecular flexibility index (Phi) is 5.39. The molecule has 2 fully saturated rings. The first kappa shape index (κ1) is 17.6. The third kappa shape index (κ3) is 4.06. The number of hydrogen-bond donors (Lipinski definition) is 1. The average Bonchev–Trinajstić information content (AvgIpc) is 2.94. The summed E-state index contributed by atoms with van der Waals surface area (Å²) >= 11 is 5.99. The number of halogens is 2. The van der Waals surface area contributed by atoms with Gasteiger partial charge in [-0.3, -0.25) is 9.69 Å². The molecule has 0 bridgehead atoms. The highest BCUT2D eigenvalue weighted by molar-refractivity contribution is 6.31. The Balaban J connectivity index is 1.59. The Bertz CT molecular complexity index is 589. The average molecular weight is 357 g/mol. The molecular weight excluding hydrogens is 335 g/mol. The monoisotopic (exact) mass is 356 g/mol. The third-order valence-electron chi connectivity index (χ3n) is 4.70. The van der Waals surface area contributed by atoms with Crippen LogP contribution in [0.25, 0.3) is 0 Å². The molecule has 132 valence electrons. The van der Waals surface area contributed by atoms with Crippen molar-refractivity contribution in [3.8, 4) is 0 Å². The number of nitrogens with zero attached hydrogens (tertiary/aromatic N) is 2. The highest BCUT2D eigenvalue weighted by atomic mass is 35.5. The molecule has 0 aromatic heterocycles. The number of amides is 1. The lowest BCUT2D eigenvalue weighted by Gasteiger charge is -2.33. The van der Waals surface area contributed by atoms with E-state index >= 15 is 0 Å². The maximum absolute atomic E-state index is 13.8. The van der Waals surface area contributed by atoms with E-state index in [1.165, 1.54) is 12.1 Å². The highest BCUT2D eigenvalue weighted by Gasteiger charge is 2.39. The van der Waals surface area contributed by atoms with Crippen LogP contribution in [0.1, 0.15) is 12.0 Å². The second-order valence-electron chi connectivity index (χ2n) is 6.56. The van der Waals surface area contributed by atoms with Crippen LogP contribution in [0.2, 0.25) is 5.02 Å². The molecule has 3 rings (SSSR count). The molecule has 1 amide bonds. The number of carbonyl (C=O) groups excluding carboxylic acids is 1.